The van der Waals surface area contributed by atoms with Crippen LogP contribution in [0.3, 0.4) is 0 Å². The molecule has 7 nitrogen and oxygen atoms in total. The molecule has 0 radical (unpaired) electrons. The summed E-state index contributed by atoms with van der Waals surface area (Å²) >= 11 is 1.66. The third kappa shape index (κ3) is 4.13. The Morgan fingerprint density at radius 2 is 2.00 bits per heavy atom. The normalized spacial score (nSPS) is 12.3. The van der Waals surface area contributed by atoms with Crippen molar-refractivity contribution >= 4 is 11.8 Å². The molecule has 3 rings (SSSR count). The van der Waals surface area contributed by atoms with Crippen LogP contribution in [-0.2, 0) is 6.42 Å². The second-order valence-electron chi connectivity index (χ2n) is 6.20. The van der Waals surface area contributed by atoms with E-state index < -0.39 is 11.2 Å². The molecule has 0 aliphatic carbocycles. The molecule has 8 heteroatoms. The van der Waals surface area contributed by atoms with Gasteiger partial charge in [0.25, 0.3) is 5.56 Å². The average molecular weight is 371 g/mol. The van der Waals surface area contributed by atoms with E-state index in [0.29, 0.717) is 23.2 Å². The number of hydrogen-bond donors (Lipinski definition) is 2. The second-order valence-corrected chi connectivity index (χ2v) is 7.61. The summed E-state index contributed by atoms with van der Waals surface area (Å²) in [6.45, 7) is 6.31. The van der Waals surface area contributed by atoms with Gasteiger partial charge < -0.3 is 4.98 Å². The van der Waals surface area contributed by atoms with E-state index in [4.69, 9.17) is 0 Å². The molecule has 2 heterocycles. The van der Waals surface area contributed by atoms with Crippen molar-refractivity contribution in [1.29, 1.82) is 0 Å². The molecule has 0 saturated heterocycles. The van der Waals surface area contributed by atoms with Crippen LogP contribution in [0.2, 0.25) is 0 Å². The smallest absolute Gasteiger partial charge is 0.311 e. The van der Waals surface area contributed by atoms with Gasteiger partial charge in [-0.25, -0.2) is 4.79 Å². The minimum atomic E-state index is -0.525. The molecule has 0 bridgehead atoms. The van der Waals surface area contributed by atoms with Gasteiger partial charge in [0.2, 0.25) is 0 Å². The largest absolute Gasteiger partial charge is 0.325 e. The van der Waals surface area contributed by atoms with E-state index in [1.54, 1.807) is 11.8 Å². The fourth-order valence-corrected chi connectivity index (χ4v) is 3.50. The van der Waals surface area contributed by atoms with Crippen LogP contribution in [0, 0.1) is 6.92 Å². The molecular formula is C18H21N5O2S. The molecule has 0 unspecified atom stereocenters. The molecule has 0 amide bonds. The summed E-state index contributed by atoms with van der Waals surface area (Å²) in [6.07, 6.45) is 1.32. The number of nitrogens with one attached hydrogen (secondary N) is 2. The van der Waals surface area contributed by atoms with Crippen molar-refractivity contribution in [3.8, 4) is 5.69 Å². The zero-order chi connectivity index (χ0) is 18.7. The van der Waals surface area contributed by atoms with Crippen LogP contribution in [0.1, 0.15) is 37.4 Å². The van der Waals surface area contributed by atoms with Crippen molar-refractivity contribution in [3.05, 3.63) is 68.3 Å². The van der Waals surface area contributed by atoms with Crippen LogP contribution < -0.4 is 11.2 Å². The van der Waals surface area contributed by atoms with E-state index in [2.05, 4.69) is 40.1 Å². The third-order valence-electron chi connectivity index (χ3n) is 4.01. The predicted molar refractivity (Wildman–Crippen MR) is 102 cm³/mol. The number of rotatable bonds is 6. The van der Waals surface area contributed by atoms with E-state index >= 15 is 0 Å². The van der Waals surface area contributed by atoms with Crippen LogP contribution in [0.4, 0.5) is 0 Å². The summed E-state index contributed by atoms with van der Waals surface area (Å²) in [5.41, 5.74) is 1.64. The molecule has 1 aromatic carbocycles. The lowest BCUT2D eigenvalue weighted by Crippen LogP contribution is -2.23. The Morgan fingerprint density at radius 3 is 2.69 bits per heavy atom. The Balaban J connectivity index is 2.07. The summed E-state index contributed by atoms with van der Waals surface area (Å²) < 4.78 is 1.99. The lowest BCUT2D eigenvalue weighted by Gasteiger charge is -2.13. The third-order valence-corrected chi connectivity index (χ3v) is 5.22. The van der Waals surface area contributed by atoms with Gasteiger partial charge in [-0.1, -0.05) is 37.7 Å². The number of aromatic amines is 2. The van der Waals surface area contributed by atoms with Crippen molar-refractivity contribution in [2.45, 2.75) is 44.0 Å². The Labute approximate surface area is 154 Å². The number of aromatic nitrogens is 5. The number of benzene rings is 1. The molecule has 2 aromatic heterocycles. The first kappa shape index (κ1) is 18.2. The van der Waals surface area contributed by atoms with Crippen molar-refractivity contribution in [2.75, 3.05) is 0 Å². The fourth-order valence-electron chi connectivity index (χ4n) is 2.57. The highest BCUT2D eigenvalue weighted by atomic mass is 32.2. The van der Waals surface area contributed by atoms with Crippen LogP contribution in [0.25, 0.3) is 5.69 Å². The minimum absolute atomic E-state index is 0.307. The Kier molecular flexibility index (Phi) is 5.41. The molecular weight excluding hydrogens is 350 g/mol. The van der Waals surface area contributed by atoms with Gasteiger partial charge in [0.05, 0.1) is 0 Å². The monoisotopic (exact) mass is 371 g/mol. The summed E-state index contributed by atoms with van der Waals surface area (Å²) in [7, 11) is 0. The van der Waals surface area contributed by atoms with Gasteiger partial charge in [0, 0.05) is 29.1 Å². The van der Waals surface area contributed by atoms with E-state index in [-0.39, 0.29) is 0 Å². The Morgan fingerprint density at radius 1 is 1.19 bits per heavy atom. The molecule has 0 aliphatic rings. The van der Waals surface area contributed by atoms with Crippen molar-refractivity contribution < 1.29 is 0 Å². The Bertz CT molecular complexity index is 992. The highest BCUT2D eigenvalue weighted by Crippen LogP contribution is 2.27. The van der Waals surface area contributed by atoms with Gasteiger partial charge in [-0.15, -0.1) is 10.2 Å². The van der Waals surface area contributed by atoms with Crippen molar-refractivity contribution in [1.82, 2.24) is 24.7 Å². The highest BCUT2D eigenvalue weighted by Gasteiger charge is 2.17. The molecule has 0 spiro atoms. The van der Waals surface area contributed by atoms with E-state index in [0.717, 1.165) is 22.8 Å². The summed E-state index contributed by atoms with van der Waals surface area (Å²) in [4.78, 5) is 27.9. The first-order valence-electron chi connectivity index (χ1n) is 8.46. The topological polar surface area (TPSA) is 96.4 Å². The van der Waals surface area contributed by atoms with Gasteiger partial charge in [0.1, 0.15) is 5.82 Å². The molecule has 0 saturated carbocycles. The average Bonchev–Trinajstić information content (AvgIpc) is 2.96. The summed E-state index contributed by atoms with van der Waals surface area (Å²) in [6, 6.07) is 9.46. The van der Waals surface area contributed by atoms with Crippen LogP contribution in [0.15, 0.2) is 45.1 Å². The van der Waals surface area contributed by atoms with E-state index in [1.807, 2.05) is 29.7 Å². The standard InChI is InChI=1S/C18H21N5O2S/c1-4-12(3)26-18-22-21-15(9-13-10-16(24)20-17(25)19-13)23(18)14-7-5-6-11(2)8-14/h5-8,10,12H,4,9H2,1-3H3,(H2,19,20,24,25)/t12-/m0/s1. The second kappa shape index (κ2) is 7.74. The van der Waals surface area contributed by atoms with Crippen LogP contribution in [0.5, 0.6) is 0 Å². The molecule has 1 atom stereocenters. The number of nitrogens with zero attached hydrogens (tertiary/aromatic N) is 3. The van der Waals surface area contributed by atoms with Crippen molar-refractivity contribution in [2.24, 2.45) is 0 Å². The molecule has 0 aliphatic heterocycles. The maximum Gasteiger partial charge on any atom is 0.325 e. The first-order chi connectivity index (χ1) is 12.5. The zero-order valence-electron chi connectivity index (χ0n) is 14.9. The van der Waals surface area contributed by atoms with Crippen LogP contribution in [-0.4, -0.2) is 30.0 Å². The fraction of sp³-hybridized carbons (Fsp3) is 0.333. The molecule has 2 N–H and O–H groups in total. The van der Waals surface area contributed by atoms with Gasteiger partial charge in [-0.05, 0) is 31.0 Å². The molecule has 3 aromatic rings. The van der Waals surface area contributed by atoms with Crippen LogP contribution >= 0.6 is 11.8 Å². The maximum atomic E-state index is 11.6. The summed E-state index contributed by atoms with van der Waals surface area (Å²) in [5.74, 6) is 0.669. The number of hydrogen-bond acceptors (Lipinski definition) is 5. The summed E-state index contributed by atoms with van der Waals surface area (Å²) in [5, 5.41) is 9.87. The highest BCUT2D eigenvalue weighted by molar-refractivity contribution is 7.99. The number of aryl methyl sites for hydroxylation is 1. The Hall–Kier alpha value is -2.61. The number of thioether (sulfide) groups is 1. The maximum absolute atomic E-state index is 11.6. The number of H-pyrrole nitrogens is 2. The first-order valence-corrected chi connectivity index (χ1v) is 9.34. The van der Waals surface area contributed by atoms with Gasteiger partial charge >= 0.3 is 5.69 Å². The minimum Gasteiger partial charge on any atom is -0.311 e. The molecule has 26 heavy (non-hydrogen) atoms. The molecule has 136 valence electrons. The SMILES string of the molecule is CC[C@H](C)Sc1nnc(Cc2cc(=O)[nH]c(=O)[nH]2)n1-c1cccc(C)c1. The molecule has 0 fully saturated rings. The van der Waals surface area contributed by atoms with Gasteiger partial charge in [-0.3, -0.25) is 14.3 Å². The van der Waals surface area contributed by atoms with Crippen molar-refractivity contribution in [3.63, 3.8) is 0 Å². The lowest BCUT2D eigenvalue weighted by molar-refractivity contribution is 0.819. The van der Waals surface area contributed by atoms with E-state index in [9.17, 15) is 9.59 Å². The van der Waals surface area contributed by atoms with E-state index in [1.165, 1.54) is 6.07 Å². The predicted octanol–water partition coefficient (Wildman–Crippen LogP) is 2.43. The quantitative estimate of drug-likeness (QED) is 0.649. The zero-order valence-corrected chi connectivity index (χ0v) is 15.8. The van der Waals surface area contributed by atoms with Gasteiger partial charge in [-0.2, -0.15) is 0 Å². The lowest BCUT2D eigenvalue weighted by atomic mass is 10.2. The van der Waals surface area contributed by atoms with Gasteiger partial charge in [0.15, 0.2) is 5.16 Å².